The van der Waals surface area contributed by atoms with E-state index in [4.69, 9.17) is 5.10 Å². The topological polar surface area (TPSA) is 71.4 Å². The van der Waals surface area contributed by atoms with E-state index >= 15 is 0 Å². The predicted octanol–water partition coefficient (Wildman–Crippen LogP) is 4.33. The van der Waals surface area contributed by atoms with Crippen LogP contribution < -0.4 is 5.32 Å². The molecule has 122 valence electrons. The van der Waals surface area contributed by atoms with Crippen LogP contribution in [0.1, 0.15) is 32.0 Å². The quantitative estimate of drug-likeness (QED) is 0.587. The van der Waals surface area contributed by atoms with E-state index in [1.807, 2.05) is 12.1 Å². The van der Waals surface area contributed by atoms with Crippen LogP contribution in [0.2, 0.25) is 0 Å². The number of aryl methyl sites for hydroxylation is 1. The summed E-state index contributed by atoms with van der Waals surface area (Å²) in [5.74, 6) is 0.733. The van der Waals surface area contributed by atoms with Crippen molar-refractivity contribution in [1.29, 1.82) is 0 Å². The van der Waals surface area contributed by atoms with Crippen molar-refractivity contribution >= 4 is 33.4 Å². The molecule has 1 unspecified atom stereocenters. The first-order valence-corrected chi connectivity index (χ1v) is 8.22. The largest absolute Gasteiger partial charge is 0.337 e. The van der Waals surface area contributed by atoms with Gasteiger partial charge < -0.3 is 5.32 Å². The number of nitrogens with zero attached hydrogens (tertiary/aromatic N) is 4. The Bertz CT molecular complexity index is 1010. The number of rotatable bonds is 4. The molecule has 0 saturated heterocycles. The third-order valence-electron chi connectivity index (χ3n) is 4.48. The lowest BCUT2D eigenvalue weighted by molar-refractivity contribution is 0.490. The SMILES string of the molecule is CCC(C)n1nc(C)c2cc(Nc3n[nH]c4cccnc34)ccc21. The van der Waals surface area contributed by atoms with Gasteiger partial charge in [-0.25, -0.2) is 0 Å². The van der Waals surface area contributed by atoms with E-state index in [-0.39, 0.29) is 0 Å². The van der Waals surface area contributed by atoms with E-state index in [9.17, 15) is 0 Å². The normalized spacial score (nSPS) is 12.8. The van der Waals surface area contributed by atoms with Gasteiger partial charge in [0.1, 0.15) is 5.52 Å². The van der Waals surface area contributed by atoms with Crippen molar-refractivity contribution in [3.8, 4) is 0 Å². The number of H-pyrrole nitrogens is 1. The summed E-state index contributed by atoms with van der Waals surface area (Å²) < 4.78 is 2.11. The molecule has 6 heteroatoms. The van der Waals surface area contributed by atoms with Crippen LogP contribution in [0.25, 0.3) is 21.9 Å². The zero-order valence-corrected chi connectivity index (χ0v) is 14.0. The highest BCUT2D eigenvalue weighted by Gasteiger charge is 2.13. The standard InChI is InChI=1S/C18H20N6/c1-4-11(2)24-16-8-7-13(10-14(16)12(3)23-24)20-18-17-15(21-22-18)6-5-9-19-17/h5-11H,4H2,1-3H3,(H2,20,21,22). The van der Waals surface area contributed by atoms with Gasteiger partial charge in [-0.15, -0.1) is 0 Å². The summed E-state index contributed by atoms with van der Waals surface area (Å²) in [7, 11) is 0. The van der Waals surface area contributed by atoms with E-state index in [0.29, 0.717) is 6.04 Å². The summed E-state index contributed by atoms with van der Waals surface area (Å²) in [6.45, 7) is 6.43. The Kier molecular flexibility index (Phi) is 3.45. The van der Waals surface area contributed by atoms with Gasteiger partial charge in [-0.05, 0) is 50.6 Å². The number of aromatic amines is 1. The number of pyridine rings is 1. The maximum absolute atomic E-state index is 4.70. The summed E-state index contributed by atoms with van der Waals surface area (Å²) >= 11 is 0. The Morgan fingerprint density at radius 3 is 3.00 bits per heavy atom. The lowest BCUT2D eigenvalue weighted by atomic mass is 10.2. The van der Waals surface area contributed by atoms with Crippen molar-refractivity contribution in [3.63, 3.8) is 0 Å². The number of hydrogen-bond acceptors (Lipinski definition) is 4. The van der Waals surface area contributed by atoms with E-state index in [1.165, 1.54) is 0 Å². The van der Waals surface area contributed by atoms with Crippen LogP contribution in [0.5, 0.6) is 0 Å². The number of fused-ring (bicyclic) bond motifs is 2. The smallest absolute Gasteiger partial charge is 0.178 e. The third-order valence-corrected chi connectivity index (χ3v) is 4.48. The van der Waals surface area contributed by atoms with Gasteiger partial charge >= 0.3 is 0 Å². The number of nitrogens with one attached hydrogen (secondary N) is 2. The summed E-state index contributed by atoms with van der Waals surface area (Å²) in [5, 5.41) is 16.5. The monoisotopic (exact) mass is 320 g/mol. The zero-order chi connectivity index (χ0) is 16.7. The van der Waals surface area contributed by atoms with Crippen LogP contribution in [-0.4, -0.2) is 25.0 Å². The highest BCUT2D eigenvalue weighted by atomic mass is 15.3. The first-order chi connectivity index (χ1) is 11.7. The van der Waals surface area contributed by atoms with Gasteiger partial charge in [0.2, 0.25) is 0 Å². The molecule has 0 fully saturated rings. The summed E-state index contributed by atoms with van der Waals surface area (Å²) in [6, 6.07) is 10.5. The molecule has 2 N–H and O–H groups in total. The van der Waals surface area contributed by atoms with Gasteiger partial charge in [-0.3, -0.25) is 14.8 Å². The van der Waals surface area contributed by atoms with Gasteiger partial charge in [0, 0.05) is 23.3 Å². The van der Waals surface area contributed by atoms with Crippen LogP contribution in [0.15, 0.2) is 36.5 Å². The lowest BCUT2D eigenvalue weighted by Gasteiger charge is -2.11. The van der Waals surface area contributed by atoms with Crippen LogP contribution >= 0.6 is 0 Å². The average molecular weight is 320 g/mol. The third kappa shape index (κ3) is 2.31. The molecule has 0 saturated carbocycles. The molecule has 4 rings (SSSR count). The summed E-state index contributed by atoms with van der Waals surface area (Å²) in [5.41, 5.74) is 4.94. The molecule has 24 heavy (non-hydrogen) atoms. The second-order valence-electron chi connectivity index (χ2n) is 6.12. The Labute approximate surface area is 139 Å². The highest BCUT2D eigenvalue weighted by molar-refractivity contribution is 5.90. The molecule has 0 aliphatic rings. The highest BCUT2D eigenvalue weighted by Crippen LogP contribution is 2.28. The second-order valence-corrected chi connectivity index (χ2v) is 6.12. The molecule has 0 aliphatic carbocycles. The van der Waals surface area contributed by atoms with E-state index in [0.717, 1.165) is 45.6 Å². The molecule has 4 aromatic rings. The fourth-order valence-electron chi connectivity index (χ4n) is 2.96. The average Bonchev–Trinajstić information content (AvgIpc) is 3.16. The maximum Gasteiger partial charge on any atom is 0.178 e. The fourth-order valence-corrected chi connectivity index (χ4v) is 2.96. The van der Waals surface area contributed by atoms with Crippen LogP contribution in [-0.2, 0) is 0 Å². The van der Waals surface area contributed by atoms with Crippen LogP contribution in [0, 0.1) is 6.92 Å². The van der Waals surface area contributed by atoms with Gasteiger partial charge in [-0.2, -0.15) is 10.2 Å². The molecule has 0 bridgehead atoms. The van der Waals surface area contributed by atoms with Crippen molar-refractivity contribution in [1.82, 2.24) is 25.0 Å². The lowest BCUT2D eigenvalue weighted by Crippen LogP contribution is -2.05. The van der Waals surface area contributed by atoms with Crippen molar-refractivity contribution in [3.05, 3.63) is 42.2 Å². The fraction of sp³-hybridized carbons (Fsp3) is 0.278. The molecule has 1 atom stereocenters. The Morgan fingerprint density at radius 2 is 2.17 bits per heavy atom. The van der Waals surface area contributed by atoms with Crippen molar-refractivity contribution in [2.45, 2.75) is 33.2 Å². The van der Waals surface area contributed by atoms with Gasteiger partial charge in [-0.1, -0.05) is 6.92 Å². The second kappa shape index (κ2) is 5.63. The number of anilines is 2. The van der Waals surface area contributed by atoms with E-state index < -0.39 is 0 Å². The molecule has 3 aromatic heterocycles. The van der Waals surface area contributed by atoms with Gasteiger partial charge in [0.25, 0.3) is 0 Å². The molecular formula is C18H20N6. The van der Waals surface area contributed by atoms with E-state index in [2.05, 4.69) is 64.2 Å². The predicted molar refractivity (Wildman–Crippen MR) is 96.6 cm³/mol. The molecule has 6 nitrogen and oxygen atoms in total. The first-order valence-electron chi connectivity index (χ1n) is 8.22. The van der Waals surface area contributed by atoms with Crippen molar-refractivity contribution in [2.24, 2.45) is 0 Å². The Balaban J connectivity index is 1.74. The molecule has 0 radical (unpaired) electrons. The minimum atomic E-state index is 0.388. The van der Waals surface area contributed by atoms with Gasteiger partial charge in [0.15, 0.2) is 5.82 Å². The molecule has 1 aromatic carbocycles. The molecule has 3 heterocycles. The number of benzene rings is 1. The van der Waals surface area contributed by atoms with Crippen molar-refractivity contribution < 1.29 is 0 Å². The molecule has 0 amide bonds. The van der Waals surface area contributed by atoms with Crippen molar-refractivity contribution in [2.75, 3.05) is 5.32 Å². The van der Waals surface area contributed by atoms with Gasteiger partial charge in [0.05, 0.1) is 16.7 Å². The zero-order valence-electron chi connectivity index (χ0n) is 14.0. The Hall–Kier alpha value is -2.89. The summed E-state index contributed by atoms with van der Waals surface area (Å²) in [4.78, 5) is 4.38. The molecular weight excluding hydrogens is 300 g/mol. The molecule has 0 spiro atoms. The number of aromatic nitrogens is 5. The summed E-state index contributed by atoms with van der Waals surface area (Å²) in [6.07, 6.45) is 2.83. The van der Waals surface area contributed by atoms with Crippen LogP contribution in [0.3, 0.4) is 0 Å². The Morgan fingerprint density at radius 1 is 1.29 bits per heavy atom. The maximum atomic E-state index is 4.70. The molecule has 0 aliphatic heterocycles. The van der Waals surface area contributed by atoms with E-state index in [1.54, 1.807) is 6.20 Å². The van der Waals surface area contributed by atoms with Crippen LogP contribution in [0.4, 0.5) is 11.5 Å². The minimum Gasteiger partial charge on any atom is -0.337 e. The first kappa shape index (κ1) is 14.7. The number of hydrogen-bond donors (Lipinski definition) is 2. The minimum absolute atomic E-state index is 0.388.